The van der Waals surface area contributed by atoms with Crippen molar-refractivity contribution in [1.82, 2.24) is 4.90 Å². The van der Waals surface area contributed by atoms with Crippen LogP contribution < -0.4 is 0 Å². The number of carbonyl (C=O) groups excluding carboxylic acids is 1. The first-order valence-electron chi connectivity index (χ1n) is 6.39. The summed E-state index contributed by atoms with van der Waals surface area (Å²) in [5.74, 6) is 0.420. The van der Waals surface area contributed by atoms with E-state index < -0.39 is 0 Å². The summed E-state index contributed by atoms with van der Waals surface area (Å²) in [5, 5.41) is 0. The fourth-order valence-corrected chi connectivity index (χ4v) is 2.95. The molecule has 0 aliphatic heterocycles. The van der Waals surface area contributed by atoms with Gasteiger partial charge in [0.1, 0.15) is 5.78 Å². The zero-order valence-corrected chi connectivity index (χ0v) is 12.0. The minimum absolute atomic E-state index is 0. The van der Waals surface area contributed by atoms with Crippen molar-refractivity contribution in [3.63, 3.8) is 0 Å². The average Bonchev–Trinajstić information content (AvgIpc) is 2.33. The summed E-state index contributed by atoms with van der Waals surface area (Å²) < 4.78 is 0. The molecule has 0 spiro atoms. The third kappa shape index (κ3) is 2.93. The van der Waals surface area contributed by atoms with Gasteiger partial charge in [-0.25, -0.2) is 0 Å². The Labute approximate surface area is 116 Å². The lowest BCUT2D eigenvalue weighted by Crippen LogP contribution is -2.46. The first-order chi connectivity index (χ1) is 8.15. The molecular formula is C15H22ClNO. The van der Waals surface area contributed by atoms with Gasteiger partial charge in [0.05, 0.1) is 5.41 Å². The van der Waals surface area contributed by atoms with Crippen molar-refractivity contribution in [3.05, 3.63) is 35.9 Å². The fourth-order valence-electron chi connectivity index (χ4n) is 2.95. The van der Waals surface area contributed by atoms with Crippen molar-refractivity contribution < 1.29 is 4.79 Å². The van der Waals surface area contributed by atoms with Gasteiger partial charge in [-0.2, -0.15) is 0 Å². The second kappa shape index (κ2) is 6.35. The van der Waals surface area contributed by atoms with Crippen molar-refractivity contribution in [2.75, 3.05) is 20.6 Å². The van der Waals surface area contributed by atoms with Crippen molar-refractivity contribution in [3.8, 4) is 0 Å². The number of halogens is 1. The highest BCUT2D eigenvalue weighted by molar-refractivity contribution is 5.91. The Balaban J connectivity index is 0.00000162. The molecular weight excluding hydrogens is 246 g/mol. The monoisotopic (exact) mass is 267 g/mol. The predicted octanol–water partition coefficient (Wildman–Crippen LogP) is 3.05. The van der Waals surface area contributed by atoms with Crippen LogP contribution in [-0.2, 0) is 10.2 Å². The first kappa shape index (κ1) is 15.2. The highest BCUT2D eigenvalue weighted by Crippen LogP contribution is 2.37. The molecule has 0 N–H and O–H groups in total. The molecule has 3 heteroatoms. The first-order valence-corrected chi connectivity index (χ1v) is 6.39. The molecule has 1 atom stereocenters. The molecule has 0 heterocycles. The highest BCUT2D eigenvalue weighted by Gasteiger charge is 2.41. The third-order valence-electron chi connectivity index (χ3n) is 3.70. The Morgan fingerprint density at radius 1 is 1.17 bits per heavy atom. The fraction of sp³-hybridized carbons (Fsp3) is 0.533. The van der Waals surface area contributed by atoms with Crippen LogP contribution in [0.25, 0.3) is 0 Å². The zero-order chi connectivity index (χ0) is 12.3. The lowest BCUT2D eigenvalue weighted by Gasteiger charge is -2.38. The molecule has 1 unspecified atom stereocenters. The minimum Gasteiger partial charge on any atom is -0.308 e. The summed E-state index contributed by atoms with van der Waals surface area (Å²) in [6, 6.07) is 10.3. The van der Waals surface area contributed by atoms with Crippen molar-refractivity contribution in [2.45, 2.75) is 31.1 Å². The van der Waals surface area contributed by atoms with Gasteiger partial charge in [0.15, 0.2) is 0 Å². The molecule has 18 heavy (non-hydrogen) atoms. The molecule has 100 valence electrons. The Kier molecular flexibility index (Phi) is 5.36. The van der Waals surface area contributed by atoms with Crippen LogP contribution in [-0.4, -0.2) is 31.3 Å². The molecule has 2 nitrogen and oxygen atoms in total. The van der Waals surface area contributed by atoms with E-state index in [9.17, 15) is 4.79 Å². The smallest absolute Gasteiger partial charge is 0.144 e. The van der Waals surface area contributed by atoms with Crippen LogP contribution in [0.1, 0.15) is 31.2 Å². The van der Waals surface area contributed by atoms with Crippen LogP contribution in [0, 0.1) is 0 Å². The standard InChI is InChI=1S/C15H21NO.ClH/c1-16(2)12-15(11-7-6-10-14(15)17)13-8-4-3-5-9-13;/h3-5,8-9H,6-7,10-12H2,1-2H3;1H. The number of hydrogen-bond donors (Lipinski definition) is 0. The number of likely N-dealkylation sites (N-methyl/N-ethyl adjacent to an activating group) is 1. The average molecular weight is 268 g/mol. The molecule has 0 amide bonds. The van der Waals surface area contributed by atoms with E-state index in [1.54, 1.807) is 0 Å². The molecule has 1 saturated carbocycles. The Morgan fingerprint density at radius 2 is 1.83 bits per heavy atom. The van der Waals surface area contributed by atoms with Gasteiger partial charge in [0, 0.05) is 13.0 Å². The number of Topliss-reactive ketones (excluding diaryl/α,β-unsaturated/α-hetero) is 1. The third-order valence-corrected chi connectivity index (χ3v) is 3.70. The van der Waals surface area contributed by atoms with E-state index >= 15 is 0 Å². The molecule has 0 saturated heterocycles. The highest BCUT2D eigenvalue weighted by atomic mass is 35.5. The molecule has 1 aromatic carbocycles. The van der Waals surface area contributed by atoms with E-state index in [2.05, 4.69) is 17.0 Å². The van der Waals surface area contributed by atoms with Crippen molar-refractivity contribution in [1.29, 1.82) is 0 Å². The lowest BCUT2D eigenvalue weighted by molar-refractivity contribution is -0.127. The maximum Gasteiger partial charge on any atom is 0.144 e. The van der Waals surface area contributed by atoms with Crippen LogP contribution in [0.3, 0.4) is 0 Å². The SMILES string of the molecule is CN(C)CC1(c2ccccc2)CCCCC1=O.Cl. The molecule has 1 aromatic rings. The lowest BCUT2D eigenvalue weighted by atomic mass is 9.68. The molecule has 1 fully saturated rings. The second-order valence-electron chi connectivity index (χ2n) is 5.32. The Morgan fingerprint density at radius 3 is 2.39 bits per heavy atom. The van der Waals surface area contributed by atoms with Gasteiger partial charge < -0.3 is 4.90 Å². The second-order valence-corrected chi connectivity index (χ2v) is 5.32. The van der Waals surface area contributed by atoms with E-state index in [0.717, 1.165) is 32.2 Å². The van der Waals surface area contributed by atoms with E-state index in [1.165, 1.54) is 5.56 Å². The number of hydrogen-bond acceptors (Lipinski definition) is 2. The maximum atomic E-state index is 12.4. The minimum atomic E-state index is -0.261. The van der Waals surface area contributed by atoms with Gasteiger partial charge in [-0.15, -0.1) is 12.4 Å². The van der Waals surface area contributed by atoms with Gasteiger partial charge in [-0.3, -0.25) is 4.79 Å². The quantitative estimate of drug-likeness (QED) is 0.839. The molecule has 0 aromatic heterocycles. The Bertz CT molecular complexity index is 391. The molecule has 2 rings (SSSR count). The van der Waals surface area contributed by atoms with E-state index in [4.69, 9.17) is 0 Å². The summed E-state index contributed by atoms with van der Waals surface area (Å²) >= 11 is 0. The van der Waals surface area contributed by atoms with Gasteiger partial charge >= 0.3 is 0 Å². The van der Waals surface area contributed by atoms with E-state index in [1.807, 2.05) is 32.3 Å². The molecule has 1 aliphatic carbocycles. The molecule has 0 bridgehead atoms. The zero-order valence-electron chi connectivity index (χ0n) is 11.2. The number of ketones is 1. The van der Waals surface area contributed by atoms with Crippen LogP contribution in [0.4, 0.5) is 0 Å². The van der Waals surface area contributed by atoms with Crippen molar-refractivity contribution >= 4 is 18.2 Å². The van der Waals surface area contributed by atoms with Gasteiger partial charge in [-0.05, 0) is 32.5 Å². The van der Waals surface area contributed by atoms with Gasteiger partial charge in [0.2, 0.25) is 0 Å². The van der Waals surface area contributed by atoms with Gasteiger partial charge in [0.25, 0.3) is 0 Å². The summed E-state index contributed by atoms with van der Waals surface area (Å²) in [5.41, 5.74) is 0.932. The number of nitrogens with zero attached hydrogens (tertiary/aromatic N) is 1. The summed E-state index contributed by atoms with van der Waals surface area (Å²) in [6.07, 6.45) is 3.95. The van der Waals surface area contributed by atoms with Crippen LogP contribution in [0.2, 0.25) is 0 Å². The molecule has 0 radical (unpaired) electrons. The summed E-state index contributed by atoms with van der Waals surface area (Å²) in [4.78, 5) is 14.6. The van der Waals surface area contributed by atoms with E-state index in [-0.39, 0.29) is 17.8 Å². The number of carbonyl (C=O) groups is 1. The number of benzene rings is 1. The van der Waals surface area contributed by atoms with Crippen LogP contribution >= 0.6 is 12.4 Å². The summed E-state index contributed by atoms with van der Waals surface area (Å²) in [7, 11) is 4.10. The normalized spacial score (nSPS) is 23.8. The van der Waals surface area contributed by atoms with E-state index in [0.29, 0.717) is 5.78 Å². The summed E-state index contributed by atoms with van der Waals surface area (Å²) in [6.45, 7) is 0.829. The maximum absolute atomic E-state index is 12.4. The largest absolute Gasteiger partial charge is 0.308 e. The van der Waals surface area contributed by atoms with Crippen molar-refractivity contribution in [2.24, 2.45) is 0 Å². The van der Waals surface area contributed by atoms with Crippen LogP contribution in [0.15, 0.2) is 30.3 Å². The topological polar surface area (TPSA) is 20.3 Å². The van der Waals surface area contributed by atoms with Gasteiger partial charge in [-0.1, -0.05) is 36.8 Å². The Hall–Kier alpha value is -0.860. The molecule has 1 aliphatic rings. The predicted molar refractivity (Wildman–Crippen MR) is 77.4 cm³/mol. The van der Waals surface area contributed by atoms with Crippen LogP contribution in [0.5, 0.6) is 0 Å². The number of rotatable bonds is 3.